The highest BCUT2D eigenvalue weighted by Crippen LogP contribution is 2.22. The van der Waals surface area contributed by atoms with Crippen LogP contribution < -0.4 is 20.9 Å². The molecule has 0 aliphatic carbocycles. The van der Waals surface area contributed by atoms with Gasteiger partial charge in [0.15, 0.2) is 11.7 Å². The molecule has 0 atom stereocenters. The number of carbonyl (C=O) groups excluding carboxylic acids is 2. The van der Waals surface area contributed by atoms with Gasteiger partial charge in [-0.1, -0.05) is 41.4 Å². The number of hydrazine groups is 1. The van der Waals surface area contributed by atoms with Gasteiger partial charge in [-0.3, -0.25) is 25.8 Å². The zero-order chi connectivity index (χ0) is 18.2. The van der Waals surface area contributed by atoms with Crippen molar-refractivity contribution in [3.8, 4) is 5.75 Å². The topological polar surface area (TPSA) is 79.5 Å². The van der Waals surface area contributed by atoms with E-state index in [0.29, 0.717) is 16.3 Å². The maximum absolute atomic E-state index is 11.9. The first kappa shape index (κ1) is 18.7. The van der Waals surface area contributed by atoms with Gasteiger partial charge < -0.3 is 4.74 Å². The predicted molar refractivity (Wildman–Crippen MR) is 99.5 cm³/mol. The molecule has 130 valence electrons. The highest BCUT2D eigenvalue weighted by atomic mass is 35.5. The smallest absolute Gasteiger partial charge is 0.269 e. The van der Waals surface area contributed by atoms with E-state index in [2.05, 4.69) is 16.2 Å². The summed E-state index contributed by atoms with van der Waals surface area (Å²) in [6, 6.07) is 13.8. The minimum absolute atomic E-state index is 0.0479. The van der Waals surface area contributed by atoms with Gasteiger partial charge in [-0.2, -0.15) is 0 Å². The van der Waals surface area contributed by atoms with Crippen molar-refractivity contribution in [2.45, 2.75) is 6.92 Å². The molecular weight excluding hydrogens is 362 g/mol. The maximum Gasteiger partial charge on any atom is 0.269 e. The zero-order valence-corrected chi connectivity index (χ0v) is 14.9. The van der Waals surface area contributed by atoms with Crippen LogP contribution in [0.1, 0.15) is 15.9 Å². The molecule has 25 heavy (non-hydrogen) atoms. The van der Waals surface area contributed by atoms with Crippen molar-refractivity contribution in [3.05, 3.63) is 64.7 Å². The Morgan fingerprint density at radius 1 is 1.08 bits per heavy atom. The third-order valence-corrected chi connectivity index (χ3v) is 3.57. The predicted octanol–water partition coefficient (Wildman–Crippen LogP) is 2.36. The molecule has 0 aliphatic heterocycles. The summed E-state index contributed by atoms with van der Waals surface area (Å²) in [6.07, 6.45) is 0. The summed E-state index contributed by atoms with van der Waals surface area (Å²) in [5.74, 6) is -0.461. The van der Waals surface area contributed by atoms with Crippen LogP contribution in [0.4, 0.5) is 0 Å². The maximum atomic E-state index is 11.9. The van der Waals surface area contributed by atoms with Crippen LogP contribution in [0.25, 0.3) is 0 Å². The third-order valence-electron chi connectivity index (χ3n) is 3.05. The number of rotatable bonds is 4. The second-order valence-corrected chi connectivity index (χ2v) is 5.86. The molecule has 2 aromatic carbocycles. The number of hydrogen-bond donors (Lipinski definition) is 3. The fourth-order valence-corrected chi connectivity index (χ4v) is 2.14. The first-order valence-electron chi connectivity index (χ1n) is 7.30. The quantitative estimate of drug-likeness (QED) is 0.563. The van der Waals surface area contributed by atoms with Crippen molar-refractivity contribution >= 4 is 40.7 Å². The monoisotopic (exact) mass is 377 g/mol. The minimum Gasteiger partial charge on any atom is -0.482 e. The highest BCUT2D eigenvalue weighted by molar-refractivity contribution is 7.80. The van der Waals surface area contributed by atoms with E-state index in [1.165, 1.54) is 0 Å². The molecule has 6 nitrogen and oxygen atoms in total. The number of carbonyl (C=O) groups is 2. The molecule has 0 bridgehead atoms. The van der Waals surface area contributed by atoms with Crippen LogP contribution in [-0.4, -0.2) is 23.5 Å². The largest absolute Gasteiger partial charge is 0.482 e. The molecule has 0 aliphatic rings. The SMILES string of the molecule is Cc1ccc(C(=O)NNC(=S)NC(=O)COc2ccccc2Cl)cc1. The number of amides is 2. The molecular formula is C17H16ClN3O3S. The second-order valence-electron chi connectivity index (χ2n) is 5.04. The van der Waals surface area contributed by atoms with Gasteiger partial charge in [-0.05, 0) is 43.4 Å². The molecule has 2 amide bonds. The number of para-hydroxylation sites is 1. The Morgan fingerprint density at radius 2 is 1.76 bits per heavy atom. The van der Waals surface area contributed by atoms with Gasteiger partial charge in [0.25, 0.3) is 11.8 Å². The lowest BCUT2D eigenvalue weighted by Crippen LogP contribution is -2.49. The van der Waals surface area contributed by atoms with E-state index < -0.39 is 5.91 Å². The molecule has 0 radical (unpaired) electrons. The lowest BCUT2D eigenvalue weighted by molar-refractivity contribution is -0.121. The van der Waals surface area contributed by atoms with E-state index in [0.717, 1.165) is 5.56 Å². The molecule has 3 N–H and O–H groups in total. The van der Waals surface area contributed by atoms with Crippen LogP contribution in [0, 0.1) is 6.92 Å². The Labute approximate surface area is 155 Å². The second kappa shape index (κ2) is 9.00. The van der Waals surface area contributed by atoms with Gasteiger partial charge in [-0.25, -0.2) is 0 Å². The fourth-order valence-electron chi connectivity index (χ4n) is 1.79. The lowest BCUT2D eigenvalue weighted by Gasteiger charge is -2.12. The van der Waals surface area contributed by atoms with Crippen LogP contribution in [-0.2, 0) is 4.79 Å². The first-order chi connectivity index (χ1) is 12.0. The molecule has 0 spiro atoms. The van der Waals surface area contributed by atoms with E-state index in [4.69, 9.17) is 28.6 Å². The summed E-state index contributed by atoms with van der Waals surface area (Å²) in [7, 11) is 0. The molecule has 0 saturated heterocycles. The van der Waals surface area contributed by atoms with Crippen LogP contribution in [0.3, 0.4) is 0 Å². The van der Waals surface area contributed by atoms with Crippen molar-refractivity contribution in [1.29, 1.82) is 0 Å². The van der Waals surface area contributed by atoms with Crippen molar-refractivity contribution in [3.63, 3.8) is 0 Å². The van der Waals surface area contributed by atoms with E-state index in [1.54, 1.807) is 36.4 Å². The van der Waals surface area contributed by atoms with Crippen LogP contribution in [0.15, 0.2) is 48.5 Å². The molecule has 2 rings (SSSR count). The fraction of sp³-hybridized carbons (Fsp3) is 0.118. The summed E-state index contributed by atoms with van der Waals surface area (Å²) in [6.45, 7) is 1.66. The molecule has 0 unspecified atom stereocenters. The molecule has 0 heterocycles. The van der Waals surface area contributed by atoms with E-state index in [9.17, 15) is 9.59 Å². The summed E-state index contributed by atoms with van der Waals surface area (Å²) < 4.78 is 5.29. The average Bonchev–Trinajstić information content (AvgIpc) is 2.59. The van der Waals surface area contributed by atoms with Crippen LogP contribution >= 0.6 is 23.8 Å². The Morgan fingerprint density at radius 3 is 2.44 bits per heavy atom. The van der Waals surface area contributed by atoms with Gasteiger partial charge in [0, 0.05) is 5.56 Å². The summed E-state index contributed by atoms with van der Waals surface area (Å²) in [5, 5.41) is 2.74. The minimum atomic E-state index is -0.484. The van der Waals surface area contributed by atoms with Gasteiger partial charge in [0.1, 0.15) is 5.75 Å². The standard InChI is InChI=1S/C17H16ClN3O3S/c1-11-6-8-12(9-7-11)16(23)20-21-17(25)19-15(22)10-24-14-5-3-2-4-13(14)18/h2-9H,10H2,1H3,(H,20,23)(H2,19,21,22,25). The van der Waals surface area contributed by atoms with Crippen molar-refractivity contribution < 1.29 is 14.3 Å². The summed E-state index contributed by atoms with van der Waals surface area (Å²) in [4.78, 5) is 23.7. The van der Waals surface area contributed by atoms with Gasteiger partial charge >= 0.3 is 0 Å². The zero-order valence-electron chi connectivity index (χ0n) is 13.3. The molecule has 0 saturated carbocycles. The Bertz CT molecular complexity index is 781. The van der Waals surface area contributed by atoms with Crippen molar-refractivity contribution in [2.75, 3.05) is 6.61 Å². The van der Waals surface area contributed by atoms with Gasteiger partial charge in [-0.15, -0.1) is 0 Å². The number of hydrogen-bond acceptors (Lipinski definition) is 4. The highest BCUT2D eigenvalue weighted by Gasteiger charge is 2.09. The lowest BCUT2D eigenvalue weighted by atomic mass is 10.1. The van der Waals surface area contributed by atoms with E-state index >= 15 is 0 Å². The van der Waals surface area contributed by atoms with Crippen LogP contribution in [0.2, 0.25) is 5.02 Å². The van der Waals surface area contributed by atoms with E-state index in [1.807, 2.05) is 19.1 Å². The molecule has 2 aromatic rings. The Hall–Kier alpha value is -2.64. The number of aryl methyl sites for hydroxylation is 1. The van der Waals surface area contributed by atoms with Gasteiger partial charge in [0.2, 0.25) is 0 Å². The van der Waals surface area contributed by atoms with E-state index in [-0.39, 0.29) is 17.6 Å². The number of nitrogens with one attached hydrogen (secondary N) is 3. The molecule has 0 aromatic heterocycles. The number of thiocarbonyl (C=S) groups is 1. The average molecular weight is 378 g/mol. The van der Waals surface area contributed by atoms with Crippen LogP contribution in [0.5, 0.6) is 5.75 Å². The normalized spacial score (nSPS) is 9.84. The molecule has 8 heteroatoms. The number of benzene rings is 2. The summed E-state index contributed by atoms with van der Waals surface area (Å²) in [5.41, 5.74) is 6.37. The summed E-state index contributed by atoms with van der Waals surface area (Å²) >= 11 is 10.9. The first-order valence-corrected chi connectivity index (χ1v) is 8.08. The van der Waals surface area contributed by atoms with Crippen molar-refractivity contribution in [2.24, 2.45) is 0 Å². The van der Waals surface area contributed by atoms with Gasteiger partial charge in [0.05, 0.1) is 5.02 Å². The third kappa shape index (κ3) is 6.06. The Kier molecular flexibility index (Phi) is 6.73. The van der Waals surface area contributed by atoms with Crippen molar-refractivity contribution in [1.82, 2.24) is 16.2 Å². The Balaban J connectivity index is 1.74. The number of halogens is 1. The number of ether oxygens (including phenoxy) is 1. The molecule has 0 fully saturated rings.